The van der Waals surface area contributed by atoms with Crippen LogP contribution in [0.15, 0.2) is 12.4 Å². The summed E-state index contributed by atoms with van der Waals surface area (Å²) < 4.78 is 1.62. The fourth-order valence-electron chi connectivity index (χ4n) is 0.954. The molecule has 0 saturated carbocycles. The van der Waals surface area contributed by atoms with Gasteiger partial charge in [-0.3, -0.25) is 9.59 Å². The average molecular weight is 245 g/mol. The molecule has 0 unspecified atom stereocenters. The Balaban J connectivity index is 0.000000437. The van der Waals surface area contributed by atoms with E-state index in [-0.39, 0.29) is 19.6 Å². The van der Waals surface area contributed by atoms with Gasteiger partial charge in [0.2, 0.25) is 0 Å². The molecule has 8 nitrogen and oxygen atoms in total. The van der Waals surface area contributed by atoms with Crippen molar-refractivity contribution in [3.05, 3.63) is 18.2 Å². The van der Waals surface area contributed by atoms with E-state index in [2.05, 4.69) is 10.7 Å². The van der Waals surface area contributed by atoms with E-state index in [4.69, 9.17) is 15.3 Å². The molecule has 0 atom stereocenters. The molecule has 5 N–H and O–H groups in total. The van der Waals surface area contributed by atoms with Crippen molar-refractivity contribution in [3.63, 3.8) is 0 Å². The molecule has 1 aromatic heterocycles. The van der Waals surface area contributed by atoms with Crippen LogP contribution in [0, 0.1) is 0 Å². The van der Waals surface area contributed by atoms with Gasteiger partial charge in [-0.15, -0.1) is 0 Å². The van der Waals surface area contributed by atoms with E-state index >= 15 is 0 Å². The Morgan fingerprint density at radius 3 is 2.35 bits per heavy atom. The summed E-state index contributed by atoms with van der Waals surface area (Å²) in [6.45, 7) is 0.103. The van der Waals surface area contributed by atoms with Crippen molar-refractivity contribution in [1.82, 2.24) is 9.55 Å². The summed E-state index contributed by atoms with van der Waals surface area (Å²) in [5, 5.41) is 24.7. The number of nitrogens with zero attached hydrogens (tertiary/aromatic N) is 2. The minimum atomic E-state index is -0.968. The molecule has 0 radical (unpaired) electrons. The third kappa shape index (κ3) is 7.03. The van der Waals surface area contributed by atoms with E-state index in [0.717, 1.165) is 0 Å². The standard InChI is InChI=1S/C7H10N2O3.C2H5NO2/c10-4-3-9-2-1-8-6(9)5-7(11)12;3-1-2(4)5/h1-2,10H,3-5H2,(H,11,12);1,3H2,(H,4,5). The Hall–Kier alpha value is -1.93. The molecule has 1 aromatic rings. The Morgan fingerprint density at radius 1 is 1.35 bits per heavy atom. The molecule has 17 heavy (non-hydrogen) atoms. The van der Waals surface area contributed by atoms with E-state index in [9.17, 15) is 9.59 Å². The van der Waals surface area contributed by atoms with Crippen molar-refractivity contribution in [2.24, 2.45) is 5.73 Å². The summed E-state index contributed by atoms with van der Waals surface area (Å²) in [6.07, 6.45) is 3.06. The molecule has 1 heterocycles. The number of aliphatic hydroxyl groups is 1. The van der Waals surface area contributed by atoms with Crippen molar-refractivity contribution in [2.45, 2.75) is 13.0 Å². The van der Waals surface area contributed by atoms with Crippen LogP contribution < -0.4 is 5.73 Å². The number of carboxylic acids is 2. The molecule has 8 heteroatoms. The zero-order valence-corrected chi connectivity index (χ0v) is 9.11. The third-order valence-corrected chi connectivity index (χ3v) is 1.63. The van der Waals surface area contributed by atoms with Crippen LogP contribution in [0.4, 0.5) is 0 Å². The quantitative estimate of drug-likeness (QED) is 0.496. The molecule has 96 valence electrons. The number of imidazole rings is 1. The number of aliphatic hydroxyl groups excluding tert-OH is 1. The molecule has 0 aromatic carbocycles. The van der Waals surface area contributed by atoms with Gasteiger partial charge in [-0.25, -0.2) is 4.98 Å². The van der Waals surface area contributed by atoms with Gasteiger partial charge < -0.3 is 25.6 Å². The Bertz CT molecular complexity index is 363. The highest BCUT2D eigenvalue weighted by Gasteiger charge is 2.06. The Morgan fingerprint density at radius 2 is 1.94 bits per heavy atom. The topological polar surface area (TPSA) is 139 Å². The summed E-state index contributed by atoms with van der Waals surface area (Å²) in [5.41, 5.74) is 4.57. The lowest BCUT2D eigenvalue weighted by atomic mass is 10.4. The summed E-state index contributed by atoms with van der Waals surface area (Å²) in [5.74, 6) is -1.41. The zero-order valence-electron chi connectivity index (χ0n) is 9.11. The van der Waals surface area contributed by atoms with Crippen LogP contribution in [-0.2, 0) is 22.6 Å². The molecule has 0 spiro atoms. The van der Waals surface area contributed by atoms with Gasteiger partial charge in [-0.05, 0) is 0 Å². The molecule has 0 aliphatic rings. The van der Waals surface area contributed by atoms with Gasteiger partial charge >= 0.3 is 11.9 Å². The zero-order chi connectivity index (χ0) is 13.3. The minimum Gasteiger partial charge on any atom is -0.481 e. The van der Waals surface area contributed by atoms with Crippen molar-refractivity contribution >= 4 is 11.9 Å². The number of rotatable bonds is 5. The number of nitrogens with two attached hydrogens (primary N) is 1. The fourth-order valence-corrected chi connectivity index (χ4v) is 0.954. The van der Waals surface area contributed by atoms with E-state index < -0.39 is 11.9 Å². The lowest BCUT2D eigenvalue weighted by Gasteiger charge is -2.02. The van der Waals surface area contributed by atoms with Gasteiger partial charge in [0, 0.05) is 18.9 Å². The first kappa shape index (κ1) is 15.1. The molecule has 0 saturated heterocycles. The highest BCUT2D eigenvalue weighted by Crippen LogP contribution is 1.97. The number of carboxylic acid groups (broad SMARTS) is 2. The maximum Gasteiger partial charge on any atom is 0.317 e. The molecule has 0 aliphatic carbocycles. The van der Waals surface area contributed by atoms with E-state index in [1.165, 1.54) is 6.20 Å². The van der Waals surface area contributed by atoms with Crippen LogP contribution in [0.2, 0.25) is 0 Å². The second-order valence-corrected chi connectivity index (χ2v) is 2.93. The van der Waals surface area contributed by atoms with E-state index in [0.29, 0.717) is 12.4 Å². The predicted octanol–water partition coefficient (Wildman–Crippen LogP) is -1.47. The molecule has 0 fully saturated rings. The van der Waals surface area contributed by atoms with Crippen LogP contribution in [0.5, 0.6) is 0 Å². The lowest BCUT2D eigenvalue weighted by molar-refractivity contribution is -0.137. The largest absolute Gasteiger partial charge is 0.481 e. The SMILES string of the molecule is NCC(=O)O.O=C(O)Cc1nccn1CCO. The molecular formula is C9H15N3O5. The number of hydrogen-bond acceptors (Lipinski definition) is 5. The first-order valence-corrected chi connectivity index (χ1v) is 4.75. The van der Waals surface area contributed by atoms with Crippen LogP contribution >= 0.6 is 0 Å². The highest BCUT2D eigenvalue weighted by molar-refractivity contribution is 5.69. The second kappa shape index (κ2) is 8.25. The minimum absolute atomic E-state index is 0.0109. The summed E-state index contributed by atoms with van der Waals surface area (Å²) >= 11 is 0. The fraction of sp³-hybridized carbons (Fsp3) is 0.444. The van der Waals surface area contributed by atoms with Crippen molar-refractivity contribution in [2.75, 3.05) is 13.2 Å². The van der Waals surface area contributed by atoms with Crippen LogP contribution in [-0.4, -0.2) is 50.0 Å². The van der Waals surface area contributed by atoms with Crippen LogP contribution in [0.3, 0.4) is 0 Å². The molecular weight excluding hydrogens is 230 g/mol. The van der Waals surface area contributed by atoms with Gasteiger partial charge in [-0.2, -0.15) is 0 Å². The molecule has 1 rings (SSSR count). The first-order valence-electron chi connectivity index (χ1n) is 4.75. The average Bonchev–Trinajstić information content (AvgIpc) is 2.66. The van der Waals surface area contributed by atoms with E-state index in [1.807, 2.05) is 0 Å². The number of hydrogen-bond donors (Lipinski definition) is 4. The van der Waals surface area contributed by atoms with Gasteiger partial charge in [-0.1, -0.05) is 0 Å². The monoisotopic (exact) mass is 245 g/mol. The normalized spacial score (nSPS) is 9.29. The third-order valence-electron chi connectivity index (χ3n) is 1.63. The molecule has 0 amide bonds. The predicted molar refractivity (Wildman–Crippen MR) is 57.3 cm³/mol. The summed E-state index contributed by atoms with van der Waals surface area (Å²) in [7, 11) is 0. The van der Waals surface area contributed by atoms with Gasteiger partial charge in [0.25, 0.3) is 0 Å². The number of aliphatic carboxylic acids is 2. The van der Waals surface area contributed by atoms with Crippen LogP contribution in [0.1, 0.15) is 5.82 Å². The number of carbonyl (C=O) groups is 2. The second-order valence-electron chi connectivity index (χ2n) is 2.93. The molecule has 0 bridgehead atoms. The van der Waals surface area contributed by atoms with Crippen molar-refractivity contribution in [1.29, 1.82) is 0 Å². The highest BCUT2D eigenvalue weighted by atomic mass is 16.4. The van der Waals surface area contributed by atoms with Crippen LogP contribution in [0.25, 0.3) is 0 Å². The molecule has 0 aliphatic heterocycles. The smallest absolute Gasteiger partial charge is 0.317 e. The van der Waals surface area contributed by atoms with Gasteiger partial charge in [0.15, 0.2) is 0 Å². The first-order chi connectivity index (χ1) is 8.01. The summed E-state index contributed by atoms with van der Waals surface area (Å²) in [6, 6.07) is 0. The summed E-state index contributed by atoms with van der Waals surface area (Å²) in [4.78, 5) is 23.4. The lowest BCUT2D eigenvalue weighted by Crippen LogP contribution is -2.10. The van der Waals surface area contributed by atoms with Crippen molar-refractivity contribution in [3.8, 4) is 0 Å². The van der Waals surface area contributed by atoms with Gasteiger partial charge in [0.05, 0.1) is 13.2 Å². The van der Waals surface area contributed by atoms with Crippen molar-refractivity contribution < 1.29 is 24.9 Å². The van der Waals surface area contributed by atoms with E-state index in [1.54, 1.807) is 10.8 Å². The maximum atomic E-state index is 10.3. The Labute approximate surface area is 97.3 Å². The Kier molecular flexibility index (Phi) is 7.31. The van der Waals surface area contributed by atoms with Gasteiger partial charge in [0.1, 0.15) is 12.2 Å². The number of aromatic nitrogens is 2. The maximum absolute atomic E-state index is 10.3.